The molecule has 0 amide bonds. The van der Waals surface area contributed by atoms with Crippen LogP contribution in [0.25, 0.3) is 0 Å². The molecule has 108 valence electrons. The number of rotatable bonds is 8. The van der Waals surface area contributed by atoms with Crippen molar-refractivity contribution in [1.82, 2.24) is 10.2 Å². The summed E-state index contributed by atoms with van der Waals surface area (Å²) >= 11 is 0. The lowest BCUT2D eigenvalue weighted by Gasteiger charge is -2.38. The Morgan fingerprint density at radius 3 is 2.83 bits per heavy atom. The molecule has 1 aliphatic rings. The molecule has 1 heterocycles. The zero-order chi connectivity index (χ0) is 13.4. The molecule has 3 nitrogen and oxygen atoms in total. The highest BCUT2D eigenvalue weighted by molar-refractivity contribution is 4.82. The van der Waals surface area contributed by atoms with Gasteiger partial charge < -0.3 is 15.0 Å². The van der Waals surface area contributed by atoms with Crippen molar-refractivity contribution in [2.75, 3.05) is 39.9 Å². The van der Waals surface area contributed by atoms with Crippen LogP contribution in [0.2, 0.25) is 0 Å². The molecule has 0 radical (unpaired) electrons. The van der Waals surface area contributed by atoms with E-state index in [2.05, 4.69) is 31.0 Å². The van der Waals surface area contributed by atoms with Crippen LogP contribution in [-0.2, 0) is 4.74 Å². The molecule has 1 saturated heterocycles. The van der Waals surface area contributed by atoms with E-state index in [1.165, 1.54) is 38.9 Å². The van der Waals surface area contributed by atoms with Crippen molar-refractivity contribution in [2.45, 2.75) is 52.5 Å². The van der Waals surface area contributed by atoms with Crippen LogP contribution in [0.3, 0.4) is 0 Å². The summed E-state index contributed by atoms with van der Waals surface area (Å²) in [6, 6.07) is 0.705. The molecular weight excluding hydrogens is 224 g/mol. The van der Waals surface area contributed by atoms with E-state index in [4.69, 9.17) is 4.74 Å². The van der Waals surface area contributed by atoms with E-state index in [0.717, 1.165) is 19.6 Å². The topological polar surface area (TPSA) is 24.5 Å². The second-order valence-corrected chi connectivity index (χ2v) is 6.44. The summed E-state index contributed by atoms with van der Waals surface area (Å²) in [7, 11) is 1.79. The number of nitrogens with one attached hydrogen (secondary N) is 1. The molecule has 1 aliphatic heterocycles. The molecule has 18 heavy (non-hydrogen) atoms. The fraction of sp³-hybridized carbons (Fsp3) is 1.00. The maximum atomic E-state index is 5.21. The third kappa shape index (κ3) is 6.17. The average molecular weight is 256 g/mol. The van der Waals surface area contributed by atoms with E-state index in [-0.39, 0.29) is 0 Å². The fourth-order valence-corrected chi connectivity index (χ4v) is 2.78. The molecule has 0 aromatic heterocycles. The van der Waals surface area contributed by atoms with Crippen LogP contribution in [-0.4, -0.2) is 50.8 Å². The van der Waals surface area contributed by atoms with Gasteiger partial charge in [-0.05, 0) is 44.2 Å². The van der Waals surface area contributed by atoms with Crippen LogP contribution < -0.4 is 5.32 Å². The van der Waals surface area contributed by atoms with Crippen molar-refractivity contribution in [3.8, 4) is 0 Å². The predicted octanol–water partition coefficient (Wildman–Crippen LogP) is 2.51. The van der Waals surface area contributed by atoms with E-state index in [9.17, 15) is 0 Å². The van der Waals surface area contributed by atoms with Gasteiger partial charge in [0.05, 0.1) is 0 Å². The van der Waals surface area contributed by atoms with Crippen LogP contribution in [0.1, 0.15) is 46.5 Å². The molecule has 0 aromatic rings. The zero-order valence-corrected chi connectivity index (χ0v) is 12.8. The summed E-state index contributed by atoms with van der Waals surface area (Å²) in [4.78, 5) is 2.63. The Morgan fingerprint density at radius 1 is 1.39 bits per heavy atom. The molecule has 1 unspecified atom stereocenters. The van der Waals surface area contributed by atoms with Crippen LogP contribution in [0, 0.1) is 5.41 Å². The Bertz CT molecular complexity index is 219. The minimum absolute atomic E-state index is 0.364. The van der Waals surface area contributed by atoms with Gasteiger partial charge in [0, 0.05) is 32.8 Å². The van der Waals surface area contributed by atoms with Gasteiger partial charge in [0.25, 0.3) is 0 Å². The molecule has 0 bridgehead atoms. The highest BCUT2D eigenvalue weighted by Crippen LogP contribution is 2.23. The minimum atomic E-state index is 0.364. The number of nitrogens with zero attached hydrogens (tertiary/aromatic N) is 1. The van der Waals surface area contributed by atoms with E-state index >= 15 is 0 Å². The zero-order valence-electron chi connectivity index (χ0n) is 12.8. The minimum Gasteiger partial charge on any atom is -0.385 e. The molecule has 0 spiro atoms. The lowest BCUT2D eigenvalue weighted by atomic mass is 9.88. The number of methoxy groups -OCH3 is 1. The number of piperidine rings is 1. The molecule has 1 atom stereocenters. The van der Waals surface area contributed by atoms with Gasteiger partial charge in [-0.15, -0.1) is 0 Å². The van der Waals surface area contributed by atoms with E-state index < -0.39 is 0 Å². The Labute approximate surface area is 113 Å². The maximum absolute atomic E-state index is 5.21. The van der Waals surface area contributed by atoms with Gasteiger partial charge in [-0.1, -0.05) is 20.8 Å². The summed E-state index contributed by atoms with van der Waals surface area (Å²) in [6.45, 7) is 12.7. The number of hydrogen-bond donors (Lipinski definition) is 1. The summed E-state index contributed by atoms with van der Waals surface area (Å²) in [5.41, 5.74) is 0.364. The van der Waals surface area contributed by atoms with Crippen molar-refractivity contribution >= 4 is 0 Å². The lowest BCUT2D eigenvalue weighted by Crippen LogP contribution is -2.48. The average Bonchev–Trinajstić information content (AvgIpc) is 2.34. The maximum Gasteiger partial charge on any atom is 0.0467 e. The molecule has 1 N–H and O–H groups in total. The van der Waals surface area contributed by atoms with E-state index in [1.54, 1.807) is 7.11 Å². The Morgan fingerprint density at radius 2 is 2.17 bits per heavy atom. The van der Waals surface area contributed by atoms with Crippen LogP contribution >= 0.6 is 0 Å². The van der Waals surface area contributed by atoms with Crippen molar-refractivity contribution in [3.63, 3.8) is 0 Å². The standard InChI is InChI=1S/C15H32N2O/c1-5-9-16-14-7-6-10-17(12-14)13-15(2,3)8-11-18-4/h14,16H,5-13H2,1-4H3. The first kappa shape index (κ1) is 15.9. The molecule has 0 aliphatic carbocycles. The monoisotopic (exact) mass is 256 g/mol. The Hall–Kier alpha value is -0.120. The molecule has 0 saturated carbocycles. The molecule has 1 rings (SSSR count). The van der Waals surface area contributed by atoms with Gasteiger partial charge in [-0.2, -0.15) is 0 Å². The second kappa shape index (κ2) is 8.13. The van der Waals surface area contributed by atoms with E-state index in [1.807, 2.05) is 0 Å². The SMILES string of the molecule is CCCNC1CCCN(CC(C)(C)CCOC)C1. The van der Waals surface area contributed by atoms with E-state index in [0.29, 0.717) is 11.5 Å². The summed E-state index contributed by atoms with van der Waals surface area (Å²) < 4.78 is 5.21. The first-order valence-electron chi connectivity index (χ1n) is 7.52. The van der Waals surface area contributed by atoms with Crippen molar-refractivity contribution in [2.24, 2.45) is 5.41 Å². The highest BCUT2D eigenvalue weighted by Gasteiger charge is 2.25. The highest BCUT2D eigenvalue weighted by atomic mass is 16.5. The van der Waals surface area contributed by atoms with Gasteiger partial charge in [0.1, 0.15) is 0 Å². The third-order valence-electron chi connectivity index (χ3n) is 3.82. The number of ether oxygens (including phenoxy) is 1. The van der Waals surface area contributed by atoms with Crippen LogP contribution in [0.5, 0.6) is 0 Å². The van der Waals surface area contributed by atoms with Gasteiger partial charge in [-0.25, -0.2) is 0 Å². The van der Waals surface area contributed by atoms with Gasteiger partial charge in [0.2, 0.25) is 0 Å². The van der Waals surface area contributed by atoms with Crippen LogP contribution in [0.15, 0.2) is 0 Å². The Balaban J connectivity index is 2.32. The third-order valence-corrected chi connectivity index (χ3v) is 3.82. The van der Waals surface area contributed by atoms with Crippen molar-refractivity contribution in [1.29, 1.82) is 0 Å². The lowest BCUT2D eigenvalue weighted by molar-refractivity contribution is 0.0967. The fourth-order valence-electron chi connectivity index (χ4n) is 2.78. The van der Waals surface area contributed by atoms with Crippen molar-refractivity contribution in [3.05, 3.63) is 0 Å². The van der Waals surface area contributed by atoms with Crippen LogP contribution in [0.4, 0.5) is 0 Å². The predicted molar refractivity (Wildman–Crippen MR) is 78.0 cm³/mol. The smallest absolute Gasteiger partial charge is 0.0467 e. The number of hydrogen-bond acceptors (Lipinski definition) is 3. The second-order valence-electron chi connectivity index (χ2n) is 6.44. The number of likely N-dealkylation sites (tertiary alicyclic amines) is 1. The first-order chi connectivity index (χ1) is 8.57. The molecular formula is C15H32N2O. The largest absolute Gasteiger partial charge is 0.385 e. The first-order valence-corrected chi connectivity index (χ1v) is 7.52. The van der Waals surface area contributed by atoms with Crippen molar-refractivity contribution < 1.29 is 4.74 Å². The van der Waals surface area contributed by atoms with Gasteiger partial charge in [-0.3, -0.25) is 0 Å². The summed E-state index contributed by atoms with van der Waals surface area (Å²) in [5.74, 6) is 0. The normalized spacial score (nSPS) is 22.3. The van der Waals surface area contributed by atoms with Gasteiger partial charge in [0.15, 0.2) is 0 Å². The summed E-state index contributed by atoms with van der Waals surface area (Å²) in [5, 5.41) is 3.66. The van der Waals surface area contributed by atoms with Gasteiger partial charge >= 0.3 is 0 Å². The molecule has 1 fully saturated rings. The summed E-state index contributed by atoms with van der Waals surface area (Å²) in [6.07, 6.45) is 5.06. The molecule has 3 heteroatoms. The quantitative estimate of drug-likeness (QED) is 0.722. The Kier molecular flexibility index (Phi) is 7.20. The molecule has 0 aromatic carbocycles.